The van der Waals surface area contributed by atoms with Crippen LogP contribution in [0.5, 0.6) is 0 Å². The molecule has 4 nitrogen and oxygen atoms in total. The third kappa shape index (κ3) is 3.19. The molecule has 2 atom stereocenters. The zero-order chi connectivity index (χ0) is 15.5. The van der Waals surface area contributed by atoms with Crippen LogP contribution < -0.4 is 0 Å². The highest BCUT2D eigenvalue weighted by atomic mass is 79.9. The highest BCUT2D eigenvalue weighted by Gasteiger charge is 2.35. The average molecular weight is 365 g/mol. The highest BCUT2D eigenvalue weighted by molar-refractivity contribution is 9.10. The largest absolute Gasteiger partial charge is 0.382 e. The predicted octanol–water partition coefficient (Wildman–Crippen LogP) is 3.73. The molecule has 5 heteroatoms. The maximum Gasteiger partial charge on any atom is 0.267 e. The fourth-order valence-electron chi connectivity index (χ4n) is 3.25. The highest BCUT2D eigenvalue weighted by Crippen LogP contribution is 2.25. The summed E-state index contributed by atoms with van der Waals surface area (Å²) in [6.07, 6.45) is 4.53. The number of hydrogen-bond acceptors (Lipinski definition) is 3. The number of likely N-dealkylation sites (tertiary alicyclic amines) is 1. The summed E-state index contributed by atoms with van der Waals surface area (Å²) >= 11 is 3.46. The number of carbonyl (C=O) groups is 1. The minimum Gasteiger partial charge on any atom is -0.382 e. The first-order valence-corrected chi connectivity index (χ1v) is 8.77. The van der Waals surface area contributed by atoms with Crippen molar-refractivity contribution in [1.29, 1.82) is 0 Å². The Hall–Kier alpha value is -1.36. The van der Waals surface area contributed by atoms with Gasteiger partial charge in [0.25, 0.3) is 5.91 Å². The van der Waals surface area contributed by atoms with Gasteiger partial charge >= 0.3 is 0 Å². The van der Waals surface area contributed by atoms with Crippen molar-refractivity contribution in [1.82, 2.24) is 4.90 Å². The molecule has 2 aliphatic rings. The van der Waals surface area contributed by atoms with E-state index in [9.17, 15) is 4.79 Å². The molecule has 0 bridgehead atoms. The Labute approximate surface area is 139 Å². The summed E-state index contributed by atoms with van der Waals surface area (Å²) in [5.41, 5.74) is 1.86. The third-order valence-electron chi connectivity index (χ3n) is 4.48. The van der Waals surface area contributed by atoms with Crippen molar-refractivity contribution < 1.29 is 9.63 Å². The van der Waals surface area contributed by atoms with Crippen molar-refractivity contribution in [2.24, 2.45) is 5.16 Å². The van der Waals surface area contributed by atoms with Gasteiger partial charge in [-0.25, -0.2) is 0 Å². The Morgan fingerprint density at radius 3 is 3.09 bits per heavy atom. The van der Waals surface area contributed by atoms with E-state index in [-0.39, 0.29) is 5.91 Å². The number of amides is 1. The average Bonchev–Trinajstić information content (AvgIpc) is 3.04. The second kappa shape index (κ2) is 6.82. The van der Waals surface area contributed by atoms with Crippen molar-refractivity contribution in [3.05, 3.63) is 34.3 Å². The fourth-order valence-corrected chi connectivity index (χ4v) is 3.65. The lowest BCUT2D eigenvalue weighted by Crippen LogP contribution is -2.48. The van der Waals surface area contributed by atoms with Crippen LogP contribution in [0, 0.1) is 0 Å². The smallest absolute Gasteiger partial charge is 0.267 e. The van der Waals surface area contributed by atoms with Crippen LogP contribution >= 0.6 is 15.9 Å². The summed E-state index contributed by atoms with van der Waals surface area (Å²) in [7, 11) is 0. The molecule has 2 aliphatic heterocycles. The SMILES string of the molecule is CC[C@@H]1CCCCN1C(=O)[C@@H]1CC(c2cccc(Br)c2)=NO1. The summed E-state index contributed by atoms with van der Waals surface area (Å²) in [4.78, 5) is 20.2. The molecule has 118 valence electrons. The van der Waals surface area contributed by atoms with Crippen LogP contribution in [0.3, 0.4) is 0 Å². The number of benzene rings is 1. The molecule has 0 aliphatic carbocycles. The molecule has 2 heterocycles. The van der Waals surface area contributed by atoms with Gasteiger partial charge in [0.05, 0.1) is 5.71 Å². The normalized spacial score (nSPS) is 24.8. The lowest BCUT2D eigenvalue weighted by atomic mass is 9.98. The van der Waals surface area contributed by atoms with Gasteiger partial charge in [-0.05, 0) is 37.8 Å². The molecular formula is C17H21BrN2O2. The quantitative estimate of drug-likeness (QED) is 0.819. The van der Waals surface area contributed by atoms with Gasteiger partial charge in [0.1, 0.15) is 0 Å². The van der Waals surface area contributed by atoms with E-state index in [0.29, 0.717) is 12.5 Å². The first-order valence-electron chi connectivity index (χ1n) is 7.98. The lowest BCUT2D eigenvalue weighted by molar-refractivity contribution is -0.146. The summed E-state index contributed by atoms with van der Waals surface area (Å²) < 4.78 is 1.00. The summed E-state index contributed by atoms with van der Waals surface area (Å²) in [5, 5.41) is 4.14. The van der Waals surface area contributed by atoms with E-state index in [4.69, 9.17) is 4.84 Å². The Morgan fingerprint density at radius 1 is 1.45 bits per heavy atom. The van der Waals surface area contributed by atoms with Gasteiger partial charge in [0, 0.05) is 29.0 Å². The number of halogens is 1. The molecule has 1 aromatic rings. The van der Waals surface area contributed by atoms with Gasteiger partial charge in [-0.2, -0.15) is 0 Å². The number of nitrogens with zero attached hydrogens (tertiary/aromatic N) is 2. The third-order valence-corrected chi connectivity index (χ3v) is 4.98. The number of hydrogen-bond donors (Lipinski definition) is 0. The Morgan fingerprint density at radius 2 is 2.32 bits per heavy atom. The van der Waals surface area contributed by atoms with Crippen molar-refractivity contribution >= 4 is 27.5 Å². The molecule has 0 saturated carbocycles. The molecule has 1 amide bonds. The van der Waals surface area contributed by atoms with Crippen molar-refractivity contribution in [3.8, 4) is 0 Å². The Balaban J connectivity index is 1.67. The number of carbonyl (C=O) groups excluding carboxylic acids is 1. The number of piperidine rings is 1. The molecule has 0 N–H and O–H groups in total. The Kier molecular flexibility index (Phi) is 4.81. The molecule has 3 rings (SSSR count). The maximum atomic E-state index is 12.7. The maximum absolute atomic E-state index is 12.7. The monoisotopic (exact) mass is 364 g/mol. The van der Waals surface area contributed by atoms with Crippen LogP contribution in [0.1, 0.15) is 44.6 Å². The summed E-state index contributed by atoms with van der Waals surface area (Å²) in [6.45, 7) is 3.00. The fraction of sp³-hybridized carbons (Fsp3) is 0.529. The topological polar surface area (TPSA) is 41.9 Å². The van der Waals surface area contributed by atoms with Gasteiger partial charge in [-0.15, -0.1) is 0 Å². The van der Waals surface area contributed by atoms with Crippen LogP contribution in [0.4, 0.5) is 0 Å². The number of rotatable bonds is 3. The minimum atomic E-state index is -0.457. The lowest BCUT2D eigenvalue weighted by Gasteiger charge is -2.36. The molecule has 1 saturated heterocycles. The summed E-state index contributed by atoms with van der Waals surface area (Å²) in [6, 6.07) is 8.30. The van der Waals surface area contributed by atoms with E-state index in [1.165, 1.54) is 6.42 Å². The molecule has 0 radical (unpaired) electrons. The second-order valence-corrected chi connectivity index (χ2v) is 6.85. The zero-order valence-electron chi connectivity index (χ0n) is 12.8. The molecule has 22 heavy (non-hydrogen) atoms. The molecule has 0 unspecified atom stereocenters. The molecular weight excluding hydrogens is 344 g/mol. The molecule has 0 aromatic heterocycles. The van der Waals surface area contributed by atoms with Crippen molar-refractivity contribution in [3.63, 3.8) is 0 Å². The second-order valence-electron chi connectivity index (χ2n) is 5.94. The van der Waals surface area contributed by atoms with Gasteiger partial charge in [0.2, 0.25) is 6.10 Å². The molecule has 0 spiro atoms. The standard InChI is InChI=1S/C17H21BrN2O2/c1-2-14-8-3-4-9-20(14)17(21)16-11-15(19-22-16)12-6-5-7-13(18)10-12/h5-7,10,14,16H,2-4,8-9,11H2,1H3/t14-,16+/m1/s1. The first-order chi connectivity index (χ1) is 10.7. The van der Waals surface area contributed by atoms with E-state index in [1.807, 2.05) is 29.2 Å². The van der Waals surface area contributed by atoms with Crippen LogP contribution in [-0.4, -0.2) is 35.2 Å². The van der Waals surface area contributed by atoms with E-state index >= 15 is 0 Å². The van der Waals surface area contributed by atoms with E-state index in [1.54, 1.807) is 0 Å². The van der Waals surface area contributed by atoms with Gasteiger partial charge in [-0.3, -0.25) is 4.79 Å². The zero-order valence-corrected chi connectivity index (χ0v) is 14.4. The van der Waals surface area contributed by atoms with Gasteiger partial charge in [-0.1, -0.05) is 40.1 Å². The van der Waals surface area contributed by atoms with E-state index in [0.717, 1.165) is 41.6 Å². The van der Waals surface area contributed by atoms with E-state index < -0.39 is 6.10 Å². The van der Waals surface area contributed by atoms with Crippen LogP contribution in [0.25, 0.3) is 0 Å². The minimum absolute atomic E-state index is 0.0975. The van der Waals surface area contributed by atoms with Crippen LogP contribution in [0.15, 0.2) is 33.9 Å². The number of oxime groups is 1. The van der Waals surface area contributed by atoms with Crippen LogP contribution in [0.2, 0.25) is 0 Å². The molecule has 1 fully saturated rings. The van der Waals surface area contributed by atoms with Crippen molar-refractivity contribution in [2.45, 2.75) is 51.2 Å². The van der Waals surface area contributed by atoms with Gasteiger partial charge < -0.3 is 9.74 Å². The van der Waals surface area contributed by atoms with Gasteiger partial charge in [0.15, 0.2) is 0 Å². The van der Waals surface area contributed by atoms with E-state index in [2.05, 4.69) is 28.0 Å². The van der Waals surface area contributed by atoms with Crippen molar-refractivity contribution in [2.75, 3.05) is 6.54 Å². The molecule has 1 aromatic carbocycles. The summed E-state index contributed by atoms with van der Waals surface area (Å²) in [5.74, 6) is 0.0975. The first kappa shape index (κ1) is 15.5. The van der Waals surface area contributed by atoms with Crippen LogP contribution in [-0.2, 0) is 9.63 Å². The predicted molar refractivity (Wildman–Crippen MR) is 89.8 cm³/mol. The Bertz CT molecular complexity index is 588.